The first kappa shape index (κ1) is 16.9. The van der Waals surface area contributed by atoms with Crippen molar-refractivity contribution >= 4 is 5.97 Å². The highest BCUT2D eigenvalue weighted by Gasteiger charge is 2.28. The zero-order valence-electron chi connectivity index (χ0n) is 13.7. The molecule has 1 aromatic heterocycles. The van der Waals surface area contributed by atoms with Crippen molar-refractivity contribution in [2.75, 3.05) is 0 Å². The van der Waals surface area contributed by atoms with Crippen LogP contribution in [0.15, 0.2) is 6.20 Å². The standard InChI is InChI=1S/C16H28N4O2/c1-12(2)10-20-11-13(18-19-20)9-17-15-8-6-4-3-5-7-14(15)16(21)22/h11-12,14-15,17H,3-10H2,1-2H3,(H,21,22)/t14-,15+/m0/s1. The van der Waals surface area contributed by atoms with E-state index < -0.39 is 5.97 Å². The highest BCUT2D eigenvalue weighted by molar-refractivity contribution is 5.70. The summed E-state index contributed by atoms with van der Waals surface area (Å²) in [5.41, 5.74) is 0.881. The summed E-state index contributed by atoms with van der Waals surface area (Å²) in [6, 6.07) is 0.0352. The Labute approximate surface area is 132 Å². The molecule has 0 amide bonds. The summed E-state index contributed by atoms with van der Waals surface area (Å²) >= 11 is 0. The molecule has 1 aliphatic rings. The maximum atomic E-state index is 11.5. The average molecular weight is 308 g/mol. The van der Waals surface area contributed by atoms with E-state index in [1.165, 1.54) is 6.42 Å². The van der Waals surface area contributed by atoms with Gasteiger partial charge in [-0.05, 0) is 18.8 Å². The second-order valence-corrected chi connectivity index (χ2v) is 6.75. The Hall–Kier alpha value is -1.43. The van der Waals surface area contributed by atoms with Gasteiger partial charge in [0.25, 0.3) is 0 Å². The minimum atomic E-state index is -0.678. The summed E-state index contributed by atoms with van der Waals surface area (Å²) in [6.07, 6.45) is 8.12. The third-order valence-corrected chi connectivity index (χ3v) is 4.27. The van der Waals surface area contributed by atoms with Gasteiger partial charge in [-0.3, -0.25) is 9.48 Å². The minimum absolute atomic E-state index is 0.0352. The summed E-state index contributed by atoms with van der Waals surface area (Å²) in [5, 5.41) is 21.1. The summed E-state index contributed by atoms with van der Waals surface area (Å²) in [6.45, 7) is 5.73. The molecule has 0 aliphatic heterocycles. The first-order chi connectivity index (χ1) is 10.6. The number of hydrogen-bond donors (Lipinski definition) is 2. The molecule has 0 aromatic carbocycles. The van der Waals surface area contributed by atoms with Crippen LogP contribution in [0.25, 0.3) is 0 Å². The zero-order valence-corrected chi connectivity index (χ0v) is 13.7. The summed E-state index contributed by atoms with van der Waals surface area (Å²) < 4.78 is 1.86. The molecule has 6 nitrogen and oxygen atoms in total. The Morgan fingerprint density at radius 2 is 2.09 bits per heavy atom. The smallest absolute Gasteiger partial charge is 0.308 e. The molecule has 2 atom stereocenters. The van der Waals surface area contributed by atoms with E-state index >= 15 is 0 Å². The number of carboxylic acids is 1. The Morgan fingerprint density at radius 1 is 1.36 bits per heavy atom. The topological polar surface area (TPSA) is 80.0 Å². The van der Waals surface area contributed by atoms with Gasteiger partial charge in [0.1, 0.15) is 0 Å². The van der Waals surface area contributed by atoms with Crippen LogP contribution in [0.2, 0.25) is 0 Å². The fraction of sp³-hybridized carbons (Fsp3) is 0.812. The largest absolute Gasteiger partial charge is 0.481 e. The van der Waals surface area contributed by atoms with Gasteiger partial charge < -0.3 is 10.4 Å². The Kier molecular flexibility index (Phi) is 6.36. The quantitative estimate of drug-likeness (QED) is 0.844. The maximum absolute atomic E-state index is 11.5. The predicted molar refractivity (Wildman–Crippen MR) is 84.3 cm³/mol. The lowest BCUT2D eigenvalue weighted by molar-refractivity contribution is -0.143. The molecule has 1 saturated carbocycles. The minimum Gasteiger partial charge on any atom is -0.481 e. The number of aliphatic carboxylic acids is 1. The van der Waals surface area contributed by atoms with E-state index in [9.17, 15) is 9.90 Å². The molecule has 1 aromatic rings. The van der Waals surface area contributed by atoms with Crippen molar-refractivity contribution in [3.63, 3.8) is 0 Å². The summed E-state index contributed by atoms with van der Waals surface area (Å²) in [5.74, 6) is -0.432. The monoisotopic (exact) mass is 308 g/mol. The number of carboxylic acid groups (broad SMARTS) is 1. The molecule has 2 N–H and O–H groups in total. The fourth-order valence-electron chi connectivity index (χ4n) is 3.14. The second-order valence-electron chi connectivity index (χ2n) is 6.75. The lowest BCUT2D eigenvalue weighted by Gasteiger charge is -2.27. The van der Waals surface area contributed by atoms with Gasteiger partial charge in [-0.15, -0.1) is 5.10 Å². The molecule has 1 heterocycles. The Bertz CT molecular complexity index is 472. The maximum Gasteiger partial charge on any atom is 0.308 e. The van der Waals surface area contributed by atoms with Crippen LogP contribution in [0.3, 0.4) is 0 Å². The van der Waals surface area contributed by atoms with Crippen LogP contribution in [-0.4, -0.2) is 32.1 Å². The molecule has 0 spiro atoms. The first-order valence-corrected chi connectivity index (χ1v) is 8.41. The summed E-state index contributed by atoms with van der Waals surface area (Å²) in [7, 11) is 0. The number of nitrogens with zero attached hydrogens (tertiary/aromatic N) is 3. The van der Waals surface area contributed by atoms with Crippen molar-refractivity contribution in [3.05, 3.63) is 11.9 Å². The van der Waals surface area contributed by atoms with Crippen molar-refractivity contribution < 1.29 is 9.90 Å². The molecule has 124 valence electrons. The normalized spacial score (nSPS) is 23.2. The SMILES string of the molecule is CC(C)Cn1cc(CN[C@@H]2CCCCCC[C@@H]2C(=O)O)nn1. The number of hydrogen-bond acceptors (Lipinski definition) is 4. The van der Waals surface area contributed by atoms with Crippen molar-refractivity contribution in [2.24, 2.45) is 11.8 Å². The molecule has 0 radical (unpaired) electrons. The van der Waals surface area contributed by atoms with Crippen LogP contribution in [0.1, 0.15) is 58.1 Å². The Morgan fingerprint density at radius 3 is 2.77 bits per heavy atom. The average Bonchev–Trinajstić information content (AvgIpc) is 2.84. The van der Waals surface area contributed by atoms with Gasteiger partial charge in [-0.2, -0.15) is 0 Å². The van der Waals surface area contributed by atoms with E-state index in [0.717, 1.165) is 44.3 Å². The van der Waals surface area contributed by atoms with E-state index in [1.54, 1.807) is 0 Å². The highest BCUT2D eigenvalue weighted by Crippen LogP contribution is 2.23. The highest BCUT2D eigenvalue weighted by atomic mass is 16.4. The fourth-order valence-corrected chi connectivity index (χ4v) is 3.14. The molecule has 1 aliphatic carbocycles. The van der Waals surface area contributed by atoms with Gasteiger partial charge >= 0.3 is 5.97 Å². The molecular weight excluding hydrogens is 280 g/mol. The molecule has 2 rings (SSSR count). The van der Waals surface area contributed by atoms with Crippen LogP contribution in [-0.2, 0) is 17.9 Å². The van der Waals surface area contributed by atoms with Crippen molar-refractivity contribution in [1.82, 2.24) is 20.3 Å². The first-order valence-electron chi connectivity index (χ1n) is 8.41. The van der Waals surface area contributed by atoms with Gasteiger partial charge in [0.15, 0.2) is 0 Å². The molecule has 0 unspecified atom stereocenters. The number of rotatable bonds is 6. The molecule has 0 bridgehead atoms. The van der Waals surface area contributed by atoms with E-state index in [0.29, 0.717) is 12.5 Å². The molecule has 6 heteroatoms. The summed E-state index contributed by atoms with van der Waals surface area (Å²) in [4.78, 5) is 11.5. The van der Waals surface area contributed by atoms with E-state index in [1.807, 2.05) is 10.9 Å². The lowest BCUT2D eigenvalue weighted by atomic mass is 9.87. The molecule has 22 heavy (non-hydrogen) atoms. The Balaban J connectivity index is 1.91. The molecule has 0 saturated heterocycles. The molecule has 1 fully saturated rings. The van der Waals surface area contributed by atoms with Crippen LogP contribution in [0.5, 0.6) is 0 Å². The van der Waals surface area contributed by atoms with Gasteiger partial charge in [-0.25, -0.2) is 0 Å². The predicted octanol–water partition coefficient (Wildman–Crippen LogP) is 2.45. The van der Waals surface area contributed by atoms with Crippen LogP contribution in [0.4, 0.5) is 0 Å². The van der Waals surface area contributed by atoms with Crippen molar-refractivity contribution in [3.8, 4) is 0 Å². The lowest BCUT2D eigenvalue weighted by Crippen LogP contribution is -2.40. The van der Waals surface area contributed by atoms with Gasteiger partial charge in [0.2, 0.25) is 0 Å². The second kappa shape index (κ2) is 8.27. The van der Waals surface area contributed by atoms with Crippen molar-refractivity contribution in [1.29, 1.82) is 0 Å². The van der Waals surface area contributed by atoms with Gasteiger partial charge in [0.05, 0.1) is 11.6 Å². The van der Waals surface area contributed by atoms with Gasteiger partial charge in [-0.1, -0.05) is 44.7 Å². The van der Waals surface area contributed by atoms with Gasteiger partial charge in [0, 0.05) is 25.3 Å². The number of aromatic nitrogens is 3. The molecular formula is C16H28N4O2. The van der Waals surface area contributed by atoms with E-state index in [4.69, 9.17) is 0 Å². The van der Waals surface area contributed by atoms with E-state index in [-0.39, 0.29) is 12.0 Å². The van der Waals surface area contributed by atoms with Crippen LogP contribution >= 0.6 is 0 Å². The van der Waals surface area contributed by atoms with Crippen LogP contribution < -0.4 is 5.32 Å². The van der Waals surface area contributed by atoms with Crippen LogP contribution in [0, 0.1) is 11.8 Å². The number of nitrogens with one attached hydrogen (secondary N) is 1. The van der Waals surface area contributed by atoms with E-state index in [2.05, 4.69) is 29.5 Å². The third kappa shape index (κ3) is 5.09. The third-order valence-electron chi connectivity index (χ3n) is 4.27. The van der Waals surface area contributed by atoms with Crippen molar-refractivity contribution in [2.45, 2.75) is 71.5 Å². The zero-order chi connectivity index (χ0) is 15.9. The number of carbonyl (C=O) groups is 1.